The molecule has 0 radical (unpaired) electrons. The predicted molar refractivity (Wildman–Crippen MR) is 123 cm³/mol. The van der Waals surface area contributed by atoms with Crippen LogP contribution in [0, 0.1) is 5.95 Å². The van der Waals surface area contributed by atoms with Crippen molar-refractivity contribution in [2.24, 2.45) is 4.99 Å². The number of aromatic amines is 1. The minimum Gasteiger partial charge on any atom is -0.423 e. The molecule has 34 heavy (non-hydrogen) atoms. The fourth-order valence-electron chi connectivity index (χ4n) is 4.52. The molecule has 3 aromatic heterocycles. The molecule has 1 fully saturated rings. The maximum atomic E-state index is 13.1. The average molecular weight is 467 g/mol. The van der Waals surface area contributed by atoms with Gasteiger partial charge in [-0.2, -0.15) is 9.49 Å². The van der Waals surface area contributed by atoms with Crippen LogP contribution < -0.4 is 15.7 Å². The molecule has 178 valence electrons. The second-order valence-electron chi connectivity index (χ2n) is 8.98. The molecule has 1 amide bonds. The van der Waals surface area contributed by atoms with Crippen molar-refractivity contribution >= 4 is 23.4 Å². The van der Waals surface area contributed by atoms with Crippen LogP contribution in [0.4, 0.5) is 21.8 Å². The van der Waals surface area contributed by atoms with Crippen LogP contribution in [-0.4, -0.2) is 48.6 Å². The third kappa shape index (κ3) is 4.13. The molecule has 1 saturated heterocycles. The van der Waals surface area contributed by atoms with Gasteiger partial charge in [-0.05, 0) is 50.2 Å². The second kappa shape index (κ2) is 8.88. The second-order valence-corrected chi connectivity index (χ2v) is 8.98. The first kappa shape index (κ1) is 22.1. The third-order valence-electron chi connectivity index (χ3n) is 6.32. The average Bonchev–Trinajstić information content (AvgIpc) is 3.57. The van der Waals surface area contributed by atoms with E-state index in [1.807, 2.05) is 6.07 Å². The van der Waals surface area contributed by atoms with E-state index in [0.29, 0.717) is 30.0 Å². The monoisotopic (exact) mass is 466 g/mol. The van der Waals surface area contributed by atoms with Gasteiger partial charge in [0, 0.05) is 23.9 Å². The summed E-state index contributed by atoms with van der Waals surface area (Å²) in [5.41, 5.74) is 3.55. The summed E-state index contributed by atoms with van der Waals surface area (Å²) in [5, 5.41) is 21.3. The molecule has 2 aliphatic rings. The number of hydrogen-bond acceptors (Lipinski definition) is 7. The normalized spacial score (nSPS) is 18.1. The molecule has 11 heteroatoms. The summed E-state index contributed by atoms with van der Waals surface area (Å²) in [6, 6.07) is 3.99. The van der Waals surface area contributed by atoms with Gasteiger partial charge in [0.2, 0.25) is 17.8 Å². The number of aryl methyl sites for hydroxylation is 1. The molecule has 3 N–H and O–H groups in total. The number of pyridine rings is 1. The Morgan fingerprint density at radius 1 is 1.32 bits per heavy atom. The van der Waals surface area contributed by atoms with Crippen molar-refractivity contribution in [3.63, 3.8) is 0 Å². The molecule has 5 rings (SSSR count). The summed E-state index contributed by atoms with van der Waals surface area (Å²) >= 11 is 0. The van der Waals surface area contributed by atoms with Gasteiger partial charge >= 0.3 is 0 Å². The van der Waals surface area contributed by atoms with Gasteiger partial charge in [-0.25, -0.2) is 15.0 Å². The maximum absolute atomic E-state index is 13.1. The van der Waals surface area contributed by atoms with Gasteiger partial charge in [-0.1, -0.05) is 13.8 Å². The summed E-state index contributed by atoms with van der Waals surface area (Å²) < 4.78 is 14.1. The third-order valence-corrected chi connectivity index (χ3v) is 6.32. The van der Waals surface area contributed by atoms with Crippen LogP contribution in [0.2, 0.25) is 0 Å². The summed E-state index contributed by atoms with van der Waals surface area (Å²) in [7, 11) is 0. The molecule has 3 aromatic rings. The van der Waals surface area contributed by atoms with Crippen LogP contribution >= 0.6 is 0 Å². The molecule has 4 heterocycles. The van der Waals surface area contributed by atoms with E-state index in [9.17, 15) is 14.4 Å². The van der Waals surface area contributed by atoms with Crippen LogP contribution in [0.15, 0.2) is 29.4 Å². The van der Waals surface area contributed by atoms with E-state index >= 15 is 0 Å². The summed E-state index contributed by atoms with van der Waals surface area (Å²) in [6.07, 6.45) is 5.12. The summed E-state index contributed by atoms with van der Waals surface area (Å²) in [5.74, 6) is 0.168. The number of nitrogens with zero attached hydrogens (tertiary/aromatic N) is 6. The molecule has 1 aliphatic carbocycles. The lowest BCUT2D eigenvalue weighted by Gasteiger charge is -2.26. The number of amides is 1. The Kier molecular flexibility index (Phi) is 5.76. The number of nitrogens with one attached hydrogen (secondary N) is 2. The van der Waals surface area contributed by atoms with Crippen LogP contribution in [0.25, 0.3) is 0 Å². The Labute approximate surface area is 195 Å². The first-order valence-electron chi connectivity index (χ1n) is 11.5. The molecular weight excluding hydrogens is 439 g/mol. The van der Waals surface area contributed by atoms with Crippen LogP contribution in [0.1, 0.15) is 56.0 Å². The van der Waals surface area contributed by atoms with Gasteiger partial charge in [0.05, 0.1) is 17.6 Å². The minimum absolute atomic E-state index is 0.263. The van der Waals surface area contributed by atoms with Crippen molar-refractivity contribution in [1.82, 2.24) is 24.9 Å². The van der Waals surface area contributed by atoms with Crippen LogP contribution in [0.3, 0.4) is 0 Å². The highest BCUT2D eigenvalue weighted by Gasteiger charge is 2.35. The Bertz CT molecular complexity index is 1280. The molecule has 0 unspecified atom stereocenters. The van der Waals surface area contributed by atoms with Gasteiger partial charge in [0.15, 0.2) is 11.3 Å². The Morgan fingerprint density at radius 2 is 2.18 bits per heavy atom. The van der Waals surface area contributed by atoms with Crippen molar-refractivity contribution < 1.29 is 14.4 Å². The molecule has 10 nitrogen and oxygen atoms in total. The van der Waals surface area contributed by atoms with E-state index in [1.165, 1.54) is 18.3 Å². The molecule has 0 saturated carbocycles. The molecule has 0 bridgehead atoms. The number of carbonyl (C=O) groups excluding carboxylic acids is 1. The van der Waals surface area contributed by atoms with E-state index in [1.54, 1.807) is 4.90 Å². The molecular formula is C23H27FN8O2. The molecule has 0 spiro atoms. The SMILES string of the molecule is CC(C)c1cc(N=c2c3c(nc(N4CCC[C@@H]4C(=O)Nc4ccc(F)nc4)n2O)CCC3)n[nH]1. The zero-order valence-corrected chi connectivity index (χ0v) is 19.1. The quantitative estimate of drug-likeness (QED) is 0.392. The Balaban J connectivity index is 1.50. The summed E-state index contributed by atoms with van der Waals surface area (Å²) in [6.45, 7) is 4.68. The maximum Gasteiger partial charge on any atom is 0.247 e. The number of fused-ring (bicyclic) bond motifs is 1. The van der Waals surface area contributed by atoms with E-state index in [4.69, 9.17) is 4.98 Å². The Hall–Kier alpha value is -3.76. The lowest BCUT2D eigenvalue weighted by Crippen LogP contribution is -2.43. The number of hydrogen-bond donors (Lipinski definition) is 3. The summed E-state index contributed by atoms with van der Waals surface area (Å²) in [4.78, 5) is 27.8. The van der Waals surface area contributed by atoms with E-state index in [-0.39, 0.29) is 17.8 Å². The first-order valence-corrected chi connectivity index (χ1v) is 11.5. The topological polar surface area (TPSA) is 124 Å². The van der Waals surface area contributed by atoms with Crippen molar-refractivity contribution in [3.8, 4) is 0 Å². The minimum atomic E-state index is -0.613. The van der Waals surface area contributed by atoms with Crippen molar-refractivity contribution in [2.75, 3.05) is 16.8 Å². The van der Waals surface area contributed by atoms with E-state index < -0.39 is 12.0 Å². The van der Waals surface area contributed by atoms with Gasteiger partial charge in [0.25, 0.3) is 0 Å². The Morgan fingerprint density at radius 3 is 2.91 bits per heavy atom. The van der Waals surface area contributed by atoms with Gasteiger partial charge < -0.3 is 15.4 Å². The number of rotatable bonds is 5. The standard InChI is InChI=1S/C23H27FN8O2/c1-13(2)17-11-20(30-29-17)28-21-15-5-3-6-16(15)27-23(32(21)34)31-10-4-7-18(31)22(33)26-14-8-9-19(24)25-12-14/h8-9,11-13,18,34H,3-7,10H2,1-2H3,(H,26,33)(H,29,30)/t18-/m1/s1. The number of H-pyrrole nitrogens is 1. The number of anilines is 2. The van der Waals surface area contributed by atoms with Gasteiger partial charge in [-0.3, -0.25) is 9.89 Å². The fraction of sp³-hybridized carbons (Fsp3) is 0.435. The van der Waals surface area contributed by atoms with Crippen LogP contribution in [0.5, 0.6) is 0 Å². The first-order chi connectivity index (χ1) is 16.4. The highest BCUT2D eigenvalue weighted by Crippen LogP contribution is 2.27. The molecule has 1 aliphatic heterocycles. The number of carbonyl (C=O) groups is 1. The molecule has 0 aromatic carbocycles. The fourth-order valence-corrected chi connectivity index (χ4v) is 4.52. The van der Waals surface area contributed by atoms with Crippen molar-refractivity contribution in [1.29, 1.82) is 0 Å². The zero-order chi connectivity index (χ0) is 23.8. The van der Waals surface area contributed by atoms with Crippen LogP contribution in [-0.2, 0) is 17.6 Å². The lowest BCUT2D eigenvalue weighted by molar-refractivity contribution is -0.117. The smallest absolute Gasteiger partial charge is 0.247 e. The van der Waals surface area contributed by atoms with E-state index in [0.717, 1.165) is 47.4 Å². The molecule has 1 atom stereocenters. The number of halogens is 1. The highest BCUT2D eigenvalue weighted by atomic mass is 19.1. The van der Waals surface area contributed by atoms with Crippen molar-refractivity contribution in [3.05, 3.63) is 52.8 Å². The van der Waals surface area contributed by atoms with Crippen molar-refractivity contribution in [2.45, 2.75) is 57.9 Å². The predicted octanol–water partition coefficient (Wildman–Crippen LogP) is 2.83. The highest BCUT2D eigenvalue weighted by molar-refractivity contribution is 5.96. The van der Waals surface area contributed by atoms with Gasteiger partial charge in [-0.15, -0.1) is 4.73 Å². The zero-order valence-electron chi connectivity index (χ0n) is 19.1. The lowest BCUT2D eigenvalue weighted by atomic mass is 10.1. The van der Waals surface area contributed by atoms with Gasteiger partial charge in [0.1, 0.15) is 6.04 Å². The number of aromatic nitrogens is 5. The largest absolute Gasteiger partial charge is 0.423 e. The van der Waals surface area contributed by atoms with E-state index in [2.05, 4.69) is 39.3 Å².